The highest BCUT2D eigenvalue weighted by Crippen LogP contribution is 1.93. The highest BCUT2D eigenvalue weighted by atomic mass is 16.5. The molecular formula is C14H24N2O4. The number of carboxylic acids is 1. The molecule has 0 fully saturated rings. The largest absolute Gasteiger partial charge is 0.545 e. The third-order valence-electron chi connectivity index (χ3n) is 2.68. The number of methoxy groups -OCH3 is 2. The lowest BCUT2D eigenvalue weighted by molar-refractivity contribution is -0.703. The van der Waals surface area contributed by atoms with E-state index in [0.29, 0.717) is 0 Å². The first-order chi connectivity index (χ1) is 9.43. The van der Waals surface area contributed by atoms with Crippen LogP contribution in [0.25, 0.3) is 0 Å². The van der Waals surface area contributed by atoms with E-state index in [4.69, 9.17) is 9.47 Å². The maximum absolute atomic E-state index is 9.49. The number of carbonyl (C=O) groups is 1. The minimum atomic E-state index is -1.19. The molecule has 0 unspecified atom stereocenters. The first-order valence-corrected chi connectivity index (χ1v) is 6.34. The molecule has 1 rings (SSSR count). The molecule has 0 aliphatic heterocycles. The van der Waals surface area contributed by atoms with E-state index in [1.165, 1.54) is 12.7 Å². The third kappa shape index (κ3) is 7.06. The molecule has 0 aromatic carbocycles. The van der Waals surface area contributed by atoms with E-state index in [9.17, 15) is 9.90 Å². The van der Waals surface area contributed by atoms with Crippen LogP contribution in [-0.2, 0) is 27.4 Å². The Morgan fingerprint density at radius 2 is 1.95 bits per heavy atom. The van der Waals surface area contributed by atoms with Crippen molar-refractivity contribution in [3.63, 3.8) is 0 Å². The van der Waals surface area contributed by atoms with Crippen molar-refractivity contribution >= 4 is 5.97 Å². The van der Waals surface area contributed by atoms with Crippen LogP contribution in [0.5, 0.6) is 0 Å². The van der Waals surface area contributed by atoms with Gasteiger partial charge in [-0.1, -0.05) is 6.58 Å². The van der Waals surface area contributed by atoms with Crippen molar-refractivity contribution in [1.29, 1.82) is 0 Å². The number of rotatable bonds is 7. The standard InChI is InChI=1S/C10H19N2O2.C4H6O2/c1-10-11(6-8-13-2)4-5-12(10)7-9-14-3;1-3(2)4(5)6/h4-5H,6-9H2,1-3H3;1H2,2H3,(H,5,6)/q+1;/p-1. The summed E-state index contributed by atoms with van der Waals surface area (Å²) in [6.07, 6.45) is 4.15. The number of ether oxygens (including phenoxy) is 2. The molecule has 0 radical (unpaired) electrons. The van der Waals surface area contributed by atoms with Crippen LogP contribution in [0, 0.1) is 6.92 Å². The summed E-state index contributed by atoms with van der Waals surface area (Å²) in [6, 6.07) is 0. The molecular weight excluding hydrogens is 260 g/mol. The lowest BCUT2D eigenvalue weighted by atomic mass is 10.4. The van der Waals surface area contributed by atoms with Crippen molar-refractivity contribution < 1.29 is 23.9 Å². The molecule has 6 nitrogen and oxygen atoms in total. The summed E-state index contributed by atoms with van der Waals surface area (Å²) >= 11 is 0. The van der Waals surface area contributed by atoms with Gasteiger partial charge in [0.05, 0.1) is 19.2 Å². The molecule has 0 amide bonds. The van der Waals surface area contributed by atoms with E-state index in [1.54, 1.807) is 14.2 Å². The maximum atomic E-state index is 9.49. The number of carboxylic acid groups (broad SMARTS) is 1. The Hall–Kier alpha value is -1.66. The number of hydrogen-bond acceptors (Lipinski definition) is 4. The zero-order chi connectivity index (χ0) is 15.5. The van der Waals surface area contributed by atoms with Crippen molar-refractivity contribution in [2.75, 3.05) is 27.4 Å². The van der Waals surface area contributed by atoms with E-state index in [2.05, 4.69) is 35.0 Å². The smallest absolute Gasteiger partial charge is 0.253 e. The first-order valence-electron chi connectivity index (χ1n) is 6.34. The van der Waals surface area contributed by atoms with Crippen molar-refractivity contribution in [3.05, 3.63) is 30.4 Å². The fourth-order valence-corrected chi connectivity index (χ4v) is 1.39. The van der Waals surface area contributed by atoms with Gasteiger partial charge in [0.2, 0.25) is 0 Å². The minimum absolute atomic E-state index is 0.0648. The van der Waals surface area contributed by atoms with E-state index < -0.39 is 5.97 Å². The molecule has 0 bridgehead atoms. The summed E-state index contributed by atoms with van der Waals surface area (Å²) < 4.78 is 14.4. The second-order valence-electron chi connectivity index (χ2n) is 4.29. The van der Waals surface area contributed by atoms with Crippen LogP contribution in [0.1, 0.15) is 12.7 Å². The lowest BCUT2D eigenvalue weighted by Crippen LogP contribution is -2.37. The van der Waals surface area contributed by atoms with E-state index >= 15 is 0 Å². The highest BCUT2D eigenvalue weighted by molar-refractivity contribution is 5.82. The van der Waals surface area contributed by atoms with Gasteiger partial charge in [0.1, 0.15) is 25.5 Å². The Morgan fingerprint density at radius 3 is 2.40 bits per heavy atom. The van der Waals surface area contributed by atoms with Crippen molar-refractivity contribution in [2.24, 2.45) is 0 Å². The van der Waals surface area contributed by atoms with E-state index in [-0.39, 0.29) is 5.57 Å². The van der Waals surface area contributed by atoms with Crippen LogP contribution in [0.2, 0.25) is 0 Å². The van der Waals surface area contributed by atoms with Gasteiger partial charge in [0.15, 0.2) is 0 Å². The number of imidazole rings is 1. The molecule has 1 aromatic heterocycles. The number of nitrogens with zero attached hydrogens (tertiary/aromatic N) is 2. The Bertz CT molecular complexity index is 389. The molecule has 1 aromatic rings. The van der Waals surface area contributed by atoms with Crippen molar-refractivity contribution in [2.45, 2.75) is 26.9 Å². The van der Waals surface area contributed by atoms with Gasteiger partial charge in [-0.05, 0) is 12.5 Å². The molecule has 0 aliphatic rings. The number of hydrogen-bond donors (Lipinski definition) is 0. The third-order valence-corrected chi connectivity index (χ3v) is 2.68. The molecule has 0 aliphatic carbocycles. The summed E-state index contributed by atoms with van der Waals surface area (Å²) in [5, 5.41) is 9.49. The van der Waals surface area contributed by atoms with Crippen LogP contribution in [0.4, 0.5) is 0 Å². The summed E-state index contributed by atoms with van der Waals surface area (Å²) in [6.45, 7) is 9.89. The van der Waals surface area contributed by atoms with Gasteiger partial charge >= 0.3 is 0 Å². The van der Waals surface area contributed by atoms with Gasteiger partial charge in [-0.15, -0.1) is 0 Å². The van der Waals surface area contributed by atoms with Crippen molar-refractivity contribution in [1.82, 2.24) is 4.57 Å². The quantitative estimate of drug-likeness (QED) is 0.509. The van der Waals surface area contributed by atoms with Gasteiger partial charge < -0.3 is 19.4 Å². The Kier molecular flexibility index (Phi) is 9.32. The number of carbonyl (C=O) groups excluding carboxylic acids is 1. The van der Waals surface area contributed by atoms with Gasteiger partial charge in [0, 0.05) is 21.1 Å². The van der Waals surface area contributed by atoms with Crippen molar-refractivity contribution in [3.8, 4) is 0 Å². The fourth-order valence-electron chi connectivity index (χ4n) is 1.39. The average molecular weight is 284 g/mol. The lowest BCUT2D eigenvalue weighted by Gasteiger charge is -2.00. The fraction of sp³-hybridized carbons (Fsp3) is 0.571. The summed E-state index contributed by atoms with van der Waals surface area (Å²) in [5.41, 5.74) is 0.0648. The monoisotopic (exact) mass is 284 g/mol. The minimum Gasteiger partial charge on any atom is -0.545 e. The predicted molar refractivity (Wildman–Crippen MR) is 72.9 cm³/mol. The van der Waals surface area contributed by atoms with Crippen LogP contribution >= 0.6 is 0 Å². The predicted octanol–water partition coefficient (Wildman–Crippen LogP) is -0.311. The Labute approximate surface area is 120 Å². The molecule has 1 heterocycles. The topological polar surface area (TPSA) is 67.4 Å². The summed E-state index contributed by atoms with van der Waals surface area (Å²) in [7, 11) is 3.44. The normalized spacial score (nSPS) is 9.80. The number of aromatic nitrogens is 2. The summed E-state index contributed by atoms with van der Waals surface area (Å²) in [5.74, 6) is 0.0501. The van der Waals surface area contributed by atoms with Crippen LogP contribution in [-0.4, -0.2) is 38.0 Å². The Balaban J connectivity index is 0.000000511. The Morgan fingerprint density at radius 1 is 1.40 bits per heavy atom. The summed E-state index contributed by atoms with van der Waals surface area (Å²) in [4.78, 5) is 9.49. The van der Waals surface area contributed by atoms with Crippen LogP contribution < -0.4 is 9.67 Å². The van der Waals surface area contributed by atoms with Gasteiger partial charge in [-0.2, -0.15) is 0 Å². The second kappa shape index (κ2) is 10.2. The molecule has 0 spiro atoms. The first kappa shape index (κ1) is 18.3. The molecule has 6 heteroatoms. The zero-order valence-corrected chi connectivity index (χ0v) is 12.7. The average Bonchev–Trinajstić information content (AvgIpc) is 2.75. The molecule has 0 N–H and O–H groups in total. The molecule has 0 atom stereocenters. The highest BCUT2D eigenvalue weighted by Gasteiger charge is 2.10. The second-order valence-corrected chi connectivity index (χ2v) is 4.29. The van der Waals surface area contributed by atoms with E-state index in [0.717, 1.165) is 26.3 Å². The molecule has 0 saturated heterocycles. The zero-order valence-electron chi connectivity index (χ0n) is 12.7. The molecule has 20 heavy (non-hydrogen) atoms. The SMILES string of the molecule is C=C(C)C(=O)[O-].COCCn1cc[n+](CCOC)c1C. The van der Waals surface area contributed by atoms with Gasteiger partial charge in [-0.3, -0.25) is 0 Å². The van der Waals surface area contributed by atoms with E-state index in [1.807, 2.05) is 0 Å². The van der Waals surface area contributed by atoms with Gasteiger partial charge in [0.25, 0.3) is 5.82 Å². The van der Waals surface area contributed by atoms with Crippen LogP contribution in [0.15, 0.2) is 24.5 Å². The molecule has 0 saturated carbocycles. The van der Waals surface area contributed by atoms with Crippen LogP contribution in [0.3, 0.4) is 0 Å². The molecule has 114 valence electrons. The number of aliphatic carboxylic acids is 1. The maximum Gasteiger partial charge on any atom is 0.253 e. The van der Waals surface area contributed by atoms with Gasteiger partial charge in [-0.25, -0.2) is 9.13 Å².